The molecule has 0 amide bonds. The van der Waals surface area contributed by atoms with Gasteiger partial charge in [-0.15, -0.1) is 11.3 Å². The van der Waals surface area contributed by atoms with E-state index in [1.165, 1.54) is 29.1 Å². The van der Waals surface area contributed by atoms with Crippen molar-refractivity contribution in [3.63, 3.8) is 0 Å². The smallest absolute Gasteiger partial charge is 0.226 e. The quantitative estimate of drug-likeness (QED) is 0.832. The minimum Gasteiger partial charge on any atom is -0.355 e. The van der Waals surface area contributed by atoms with E-state index in [1.807, 2.05) is 42.6 Å². The Morgan fingerprint density at radius 1 is 1.25 bits per heavy atom. The topological polar surface area (TPSA) is 35.5 Å². The van der Waals surface area contributed by atoms with Crippen molar-refractivity contribution in [2.75, 3.05) is 44.0 Å². The average Bonchev–Trinajstić information content (AvgIpc) is 2.99. The van der Waals surface area contributed by atoms with Crippen LogP contribution in [0, 0.1) is 6.92 Å². The van der Waals surface area contributed by atoms with Gasteiger partial charge in [-0.3, -0.25) is 4.90 Å². The minimum atomic E-state index is 0.504. The van der Waals surface area contributed by atoms with Crippen LogP contribution in [0.1, 0.15) is 22.6 Å². The van der Waals surface area contributed by atoms with E-state index in [0.717, 1.165) is 24.9 Å². The summed E-state index contributed by atoms with van der Waals surface area (Å²) in [7, 11) is 6.11. The number of anilines is 2. The third kappa shape index (κ3) is 4.05. The fourth-order valence-electron chi connectivity index (χ4n) is 3.22. The van der Waals surface area contributed by atoms with Crippen LogP contribution in [0.3, 0.4) is 0 Å². The van der Waals surface area contributed by atoms with Crippen molar-refractivity contribution in [3.05, 3.63) is 34.2 Å². The molecule has 0 saturated carbocycles. The van der Waals surface area contributed by atoms with Gasteiger partial charge in [-0.2, -0.15) is 4.98 Å². The lowest BCUT2D eigenvalue weighted by atomic mass is 10.0. The Labute approximate surface area is 148 Å². The van der Waals surface area contributed by atoms with E-state index in [0.29, 0.717) is 6.04 Å². The highest BCUT2D eigenvalue weighted by atomic mass is 32.1. The van der Waals surface area contributed by atoms with Gasteiger partial charge >= 0.3 is 0 Å². The van der Waals surface area contributed by atoms with E-state index in [1.54, 1.807) is 0 Å². The summed E-state index contributed by atoms with van der Waals surface area (Å²) in [4.78, 5) is 18.7. The molecule has 1 aliphatic heterocycles. The highest BCUT2D eigenvalue weighted by molar-refractivity contribution is 7.11. The first-order valence-corrected chi connectivity index (χ1v) is 9.35. The fraction of sp³-hybridized carbons (Fsp3) is 0.556. The van der Waals surface area contributed by atoms with Gasteiger partial charge in [0.1, 0.15) is 5.82 Å². The predicted octanol–water partition coefficient (Wildman–Crippen LogP) is 3.01. The van der Waals surface area contributed by atoms with E-state index < -0.39 is 0 Å². The zero-order chi connectivity index (χ0) is 17.1. The standard InChI is InChI=1S/C18H27N5S/c1-14-7-8-16(24-14)13-23-11-5-6-15(12-23)22(4)17-9-10-19-18(20-17)21(2)3/h7-10,15H,5-6,11-13H2,1-4H3. The van der Waals surface area contributed by atoms with Crippen LogP contribution in [0.2, 0.25) is 0 Å². The first-order chi connectivity index (χ1) is 11.5. The number of piperidine rings is 1. The van der Waals surface area contributed by atoms with Crippen LogP contribution < -0.4 is 9.80 Å². The van der Waals surface area contributed by atoms with Crippen molar-refractivity contribution in [2.45, 2.75) is 32.4 Å². The maximum Gasteiger partial charge on any atom is 0.226 e. The second-order valence-corrected chi connectivity index (χ2v) is 8.14. The van der Waals surface area contributed by atoms with Crippen LogP contribution in [-0.2, 0) is 6.54 Å². The summed E-state index contributed by atoms with van der Waals surface area (Å²) in [6.07, 6.45) is 4.31. The Balaban J connectivity index is 1.66. The molecule has 1 aliphatic rings. The Morgan fingerprint density at radius 3 is 2.79 bits per heavy atom. The molecule has 24 heavy (non-hydrogen) atoms. The van der Waals surface area contributed by atoms with Crippen LogP contribution in [-0.4, -0.2) is 55.1 Å². The van der Waals surface area contributed by atoms with Crippen molar-refractivity contribution < 1.29 is 0 Å². The van der Waals surface area contributed by atoms with Crippen molar-refractivity contribution in [3.8, 4) is 0 Å². The van der Waals surface area contributed by atoms with Crippen LogP contribution in [0.25, 0.3) is 0 Å². The molecular weight excluding hydrogens is 318 g/mol. The van der Waals surface area contributed by atoms with Crippen molar-refractivity contribution in [1.29, 1.82) is 0 Å². The van der Waals surface area contributed by atoms with Crippen molar-refractivity contribution in [1.82, 2.24) is 14.9 Å². The molecule has 2 aromatic heterocycles. The molecule has 2 aromatic rings. The molecule has 1 saturated heterocycles. The first-order valence-electron chi connectivity index (χ1n) is 8.54. The molecule has 3 rings (SSSR count). The van der Waals surface area contributed by atoms with Gasteiger partial charge < -0.3 is 9.80 Å². The summed E-state index contributed by atoms with van der Waals surface area (Å²) in [5.74, 6) is 1.77. The SMILES string of the molecule is Cc1ccc(CN2CCCC(N(C)c3ccnc(N(C)C)n3)C2)s1. The Morgan fingerprint density at radius 2 is 2.08 bits per heavy atom. The molecule has 0 aromatic carbocycles. The zero-order valence-electron chi connectivity index (χ0n) is 15.1. The van der Waals surface area contributed by atoms with E-state index in [2.05, 4.69) is 45.9 Å². The lowest BCUT2D eigenvalue weighted by molar-refractivity contribution is 0.200. The normalized spacial score (nSPS) is 18.6. The van der Waals surface area contributed by atoms with Crippen LogP contribution in [0.4, 0.5) is 11.8 Å². The molecule has 6 heteroatoms. The first kappa shape index (κ1) is 17.2. The second kappa shape index (κ2) is 7.49. The van der Waals surface area contributed by atoms with Gasteiger partial charge in [-0.05, 0) is 44.5 Å². The molecule has 3 heterocycles. The van der Waals surface area contributed by atoms with Crippen LogP contribution in [0.15, 0.2) is 24.4 Å². The number of likely N-dealkylation sites (N-methyl/N-ethyl adjacent to an activating group) is 1. The number of aryl methyl sites for hydroxylation is 1. The summed E-state index contributed by atoms with van der Waals surface area (Å²) in [5.41, 5.74) is 0. The molecular formula is C18H27N5S. The Kier molecular flexibility index (Phi) is 5.36. The van der Waals surface area contributed by atoms with Gasteiger partial charge in [0.2, 0.25) is 5.95 Å². The van der Waals surface area contributed by atoms with Crippen LogP contribution >= 0.6 is 11.3 Å². The van der Waals surface area contributed by atoms with Gasteiger partial charge in [-0.1, -0.05) is 0 Å². The molecule has 5 nitrogen and oxygen atoms in total. The maximum atomic E-state index is 4.68. The number of hydrogen-bond donors (Lipinski definition) is 0. The average molecular weight is 346 g/mol. The minimum absolute atomic E-state index is 0.504. The number of thiophene rings is 1. The Bertz CT molecular complexity index is 669. The summed E-state index contributed by atoms with van der Waals surface area (Å²) in [6.45, 7) is 5.52. The number of nitrogens with zero attached hydrogens (tertiary/aromatic N) is 5. The summed E-state index contributed by atoms with van der Waals surface area (Å²) >= 11 is 1.91. The second-order valence-electron chi connectivity index (χ2n) is 6.76. The molecule has 0 aliphatic carbocycles. The van der Waals surface area contributed by atoms with E-state index in [-0.39, 0.29) is 0 Å². The maximum absolute atomic E-state index is 4.68. The van der Waals surface area contributed by atoms with Gasteiger partial charge in [0, 0.05) is 56.2 Å². The highest BCUT2D eigenvalue weighted by Gasteiger charge is 2.24. The van der Waals surface area contributed by atoms with Gasteiger partial charge in [0.05, 0.1) is 0 Å². The van der Waals surface area contributed by atoms with Gasteiger partial charge in [0.15, 0.2) is 0 Å². The van der Waals surface area contributed by atoms with Gasteiger partial charge in [0.25, 0.3) is 0 Å². The monoisotopic (exact) mass is 345 g/mol. The number of likely N-dealkylation sites (tertiary alicyclic amines) is 1. The number of rotatable bonds is 5. The third-order valence-electron chi connectivity index (χ3n) is 4.59. The molecule has 0 spiro atoms. The predicted molar refractivity (Wildman–Crippen MR) is 102 cm³/mol. The lowest BCUT2D eigenvalue weighted by Gasteiger charge is -2.38. The molecule has 0 radical (unpaired) electrons. The van der Waals surface area contributed by atoms with E-state index in [9.17, 15) is 0 Å². The molecule has 1 atom stereocenters. The fourth-order valence-corrected chi connectivity index (χ4v) is 4.15. The molecule has 0 N–H and O–H groups in total. The third-order valence-corrected chi connectivity index (χ3v) is 5.58. The molecule has 1 fully saturated rings. The molecule has 0 bridgehead atoms. The summed E-state index contributed by atoms with van der Waals surface area (Å²) in [6, 6.07) is 7.00. The highest BCUT2D eigenvalue weighted by Crippen LogP contribution is 2.24. The number of hydrogen-bond acceptors (Lipinski definition) is 6. The summed E-state index contributed by atoms with van der Waals surface area (Å²) < 4.78 is 0. The van der Waals surface area contributed by atoms with E-state index >= 15 is 0 Å². The molecule has 1 unspecified atom stereocenters. The Hall–Kier alpha value is -1.66. The van der Waals surface area contributed by atoms with Gasteiger partial charge in [-0.25, -0.2) is 4.98 Å². The lowest BCUT2D eigenvalue weighted by Crippen LogP contribution is -2.46. The summed E-state index contributed by atoms with van der Waals surface area (Å²) in [5, 5.41) is 0. The molecule has 130 valence electrons. The van der Waals surface area contributed by atoms with Crippen molar-refractivity contribution >= 4 is 23.1 Å². The van der Waals surface area contributed by atoms with Crippen LogP contribution in [0.5, 0.6) is 0 Å². The number of aromatic nitrogens is 2. The zero-order valence-corrected chi connectivity index (χ0v) is 15.9. The largest absolute Gasteiger partial charge is 0.355 e. The van der Waals surface area contributed by atoms with Crippen molar-refractivity contribution in [2.24, 2.45) is 0 Å². The van der Waals surface area contributed by atoms with E-state index in [4.69, 9.17) is 0 Å².